The number of hydrogen-bond donors (Lipinski definition) is 2. The van der Waals surface area contributed by atoms with E-state index in [1.807, 2.05) is 0 Å². The zero-order valence-electron chi connectivity index (χ0n) is 5.47. The zero-order chi connectivity index (χ0) is 7.56. The number of hydrogen-bond acceptors (Lipinski definition) is 2. The fraction of sp³-hybridized carbons (Fsp3) is 0. The lowest BCUT2D eigenvalue weighted by molar-refractivity contribution is 0.630. The summed E-state index contributed by atoms with van der Waals surface area (Å²) in [6, 6.07) is 4.60. The van der Waals surface area contributed by atoms with Crippen molar-refractivity contribution in [2.75, 3.05) is 5.43 Å². The van der Waals surface area contributed by atoms with E-state index in [0.717, 1.165) is 0 Å². The SMILES string of the molecule is Br.NNc1ccc(Br)cc1F. The van der Waals surface area contributed by atoms with Crippen LogP contribution in [-0.4, -0.2) is 0 Å². The summed E-state index contributed by atoms with van der Waals surface area (Å²) in [6.07, 6.45) is 0. The highest BCUT2D eigenvalue weighted by molar-refractivity contribution is 9.10. The third-order valence-corrected chi connectivity index (χ3v) is 1.58. The van der Waals surface area contributed by atoms with E-state index in [2.05, 4.69) is 21.4 Å². The maximum Gasteiger partial charge on any atom is 0.148 e. The van der Waals surface area contributed by atoms with Gasteiger partial charge in [0.2, 0.25) is 0 Å². The molecule has 0 spiro atoms. The van der Waals surface area contributed by atoms with E-state index < -0.39 is 0 Å². The number of nitrogens with two attached hydrogens (primary N) is 1. The molecule has 11 heavy (non-hydrogen) atoms. The molecule has 3 N–H and O–H groups in total. The predicted octanol–water partition coefficient (Wildman–Crippen LogP) is 2.45. The van der Waals surface area contributed by atoms with Gasteiger partial charge in [-0.15, -0.1) is 17.0 Å². The van der Waals surface area contributed by atoms with Gasteiger partial charge in [-0.25, -0.2) is 4.39 Å². The molecule has 1 rings (SSSR count). The van der Waals surface area contributed by atoms with Crippen molar-refractivity contribution in [2.45, 2.75) is 0 Å². The average molecular weight is 286 g/mol. The van der Waals surface area contributed by atoms with E-state index in [1.165, 1.54) is 6.07 Å². The van der Waals surface area contributed by atoms with Crippen LogP contribution in [0.5, 0.6) is 0 Å². The molecule has 0 saturated carbocycles. The van der Waals surface area contributed by atoms with Gasteiger partial charge in [0, 0.05) is 4.47 Å². The first-order chi connectivity index (χ1) is 4.74. The Balaban J connectivity index is 0.000001000. The Morgan fingerprint density at radius 2 is 2.09 bits per heavy atom. The maximum atomic E-state index is 12.7. The first-order valence-corrected chi connectivity index (χ1v) is 3.45. The highest BCUT2D eigenvalue weighted by Gasteiger charge is 1.98. The van der Waals surface area contributed by atoms with Crippen LogP contribution in [-0.2, 0) is 0 Å². The Bertz CT molecular complexity index is 242. The fourth-order valence-electron chi connectivity index (χ4n) is 0.607. The van der Waals surface area contributed by atoms with Gasteiger partial charge in [0.05, 0.1) is 5.69 Å². The Hall–Kier alpha value is -0.130. The number of benzene rings is 1. The summed E-state index contributed by atoms with van der Waals surface area (Å²) < 4.78 is 13.4. The minimum absolute atomic E-state index is 0. The molecule has 0 amide bonds. The number of nitrogen functional groups attached to an aromatic ring is 1. The summed E-state index contributed by atoms with van der Waals surface area (Å²) in [7, 11) is 0. The molecule has 0 aliphatic heterocycles. The van der Waals surface area contributed by atoms with Crippen molar-refractivity contribution in [3.8, 4) is 0 Å². The monoisotopic (exact) mass is 284 g/mol. The minimum Gasteiger partial charge on any atom is -0.321 e. The van der Waals surface area contributed by atoms with Crippen LogP contribution in [0.3, 0.4) is 0 Å². The van der Waals surface area contributed by atoms with E-state index in [1.54, 1.807) is 12.1 Å². The lowest BCUT2D eigenvalue weighted by Gasteiger charge is -2.00. The van der Waals surface area contributed by atoms with Crippen LogP contribution in [0.2, 0.25) is 0 Å². The summed E-state index contributed by atoms with van der Waals surface area (Å²) in [6.45, 7) is 0. The molecule has 1 aromatic carbocycles. The van der Waals surface area contributed by atoms with E-state index in [4.69, 9.17) is 5.84 Å². The third-order valence-electron chi connectivity index (χ3n) is 1.09. The molecule has 0 heterocycles. The van der Waals surface area contributed by atoms with Crippen molar-refractivity contribution in [2.24, 2.45) is 5.84 Å². The highest BCUT2D eigenvalue weighted by atomic mass is 79.9. The van der Waals surface area contributed by atoms with Gasteiger partial charge in [-0.1, -0.05) is 15.9 Å². The molecule has 0 atom stereocenters. The number of rotatable bonds is 1. The van der Waals surface area contributed by atoms with E-state index in [-0.39, 0.29) is 22.8 Å². The molecule has 2 nitrogen and oxygen atoms in total. The second kappa shape index (κ2) is 4.69. The minimum atomic E-state index is -0.364. The molecule has 0 aliphatic carbocycles. The molecule has 5 heteroatoms. The lowest BCUT2D eigenvalue weighted by Crippen LogP contribution is -2.08. The summed E-state index contributed by atoms with van der Waals surface area (Å²) in [5.41, 5.74) is 2.52. The van der Waals surface area contributed by atoms with Crippen molar-refractivity contribution in [3.63, 3.8) is 0 Å². The smallest absolute Gasteiger partial charge is 0.148 e. The molecule has 0 bridgehead atoms. The molecular formula is C6H7Br2FN2. The molecule has 0 fully saturated rings. The van der Waals surface area contributed by atoms with Gasteiger partial charge >= 0.3 is 0 Å². The zero-order valence-corrected chi connectivity index (χ0v) is 8.77. The van der Waals surface area contributed by atoms with Gasteiger partial charge < -0.3 is 5.43 Å². The van der Waals surface area contributed by atoms with E-state index in [9.17, 15) is 4.39 Å². The molecule has 0 aliphatic rings. The van der Waals surface area contributed by atoms with Gasteiger partial charge in [-0.05, 0) is 18.2 Å². The summed E-state index contributed by atoms with van der Waals surface area (Å²) in [5.74, 6) is 4.63. The largest absolute Gasteiger partial charge is 0.321 e. The first-order valence-electron chi connectivity index (χ1n) is 2.65. The summed E-state index contributed by atoms with van der Waals surface area (Å²) in [4.78, 5) is 0. The standard InChI is InChI=1S/C6H6BrFN2.BrH/c7-4-1-2-6(10-9)5(8)3-4;/h1-3,10H,9H2;1H. The number of hydrazine groups is 1. The number of nitrogens with one attached hydrogen (secondary N) is 1. The molecule has 0 radical (unpaired) electrons. The first kappa shape index (κ1) is 10.9. The Morgan fingerprint density at radius 1 is 1.45 bits per heavy atom. The molecule has 0 saturated heterocycles. The van der Waals surface area contributed by atoms with E-state index >= 15 is 0 Å². The maximum absolute atomic E-state index is 12.7. The van der Waals surface area contributed by atoms with Gasteiger partial charge in [-0.2, -0.15) is 0 Å². The number of anilines is 1. The predicted molar refractivity (Wildman–Crippen MR) is 52.2 cm³/mol. The molecule has 62 valence electrons. The molecule has 0 aromatic heterocycles. The lowest BCUT2D eigenvalue weighted by atomic mass is 10.3. The number of halogens is 3. The van der Waals surface area contributed by atoms with Crippen LogP contribution in [0, 0.1) is 5.82 Å². The van der Waals surface area contributed by atoms with Gasteiger partial charge in [0.15, 0.2) is 0 Å². The van der Waals surface area contributed by atoms with Crippen LogP contribution < -0.4 is 11.3 Å². The molecule has 1 aromatic rings. The van der Waals surface area contributed by atoms with Gasteiger partial charge in [0.1, 0.15) is 5.82 Å². The quantitative estimate of drug-likeness (QED) is 0.614. The van der Waals surface area contributed by atoms with Crippen molar-refractivity contribution in [1.29, 1.82) is 0 Å². The highest BCUT2D eigenvalue weighted by Crippen LogP contribution is 2.17. The van der Waals surface area contributed by atoms with Crippen molar-refractivity contribution in [1.82, 2.24) is 0 Å². The van der Waals surface area contributed by atoms with Crippen LogP contribution in [0.25, 0.3) is 0 Å². The second-order valence-corrected chi connectivity index (χ2v) is 2.68. The Morgan fingerprint density at radius 3 is 2.55 bits per heavy atom. The van der Waals surface area contributed by atoms with Crippen molar-refractivity contribution >= 4 is 38.6 Å². The molecular weight excluding hydrogens is 279 g/mol. The van der Waals surface area contributed by atoms with Crippen LogP contribution >= 0.6 is 32.9 Å². The fourth-order valence-corrected chi connectivity index (χ4v) is 0.940. The third kappa shape index (κ3) is 2.76. The van der Waals surface area contributed by atoms with Gasteiger partial charge in [-0.3, -0.25) is 5.84 Å². The Labute approximate surface area is 82.8 Å². The normalized spacial score (nSPS) is 8.64. The van der Waals surface area contributed by atoms with Crippen LogP contribution in [0.15, 0.2) is 22.7 Å². The van der Waals surface area contributed by atoms with Gasteiger partial charge in [0.25, 0.3) is 0 Å². The Kier molecular flexibility index (Phi) is 4.63. The van der Waals surface area contributed by atoms with Crippen LogP contribution in [0.1, 0.15) is 0 Å². The average Bonchev–Trinajstić information content (AvgIpc) is 1.88. The van der Waals surface area contributed by atoms with Crippen molar-refractivity contribution < 1.29 is 4.39 Å². The van der Waals surface area contributed by atoms with Crippen LogP contribution in [0.4, 0.5) is 10.1 Å². The topological polar surface area (TPSA) is 38.0 Å². The summed E-state index contributed by atoms with van der Waals surface area (Å²) >= 11 is 3.12. The second-order valence-electron chi connectivity index (χ2n) is 1.77. The molecule has 0 unspecified atom stereocenters. The van der Waals surface area contributed by atoms with E-state index in [0.29, 0.717) is 10.2 Å². The summed E-state index contributed by atoms with van der Waals surface area (Å²) in [5, 5.41) is 0. The van der Waals surface area contributed by atoms with Crippen molar-refractivity contribution in [3.05, 3.63) is 28.5 Å².